The van der Waals surface area contributed by atoms with Crippen LogP contribution in [0.4, 0.5) is 19.0 Å². The number of carbonyl (C=O) groups excluding carboxylic acids is 2. The van der Waals surface area contributed by atoms with Crippen LogP contribution in [0.1, 0.15) is 54.3 Å². The third-order valence-electron chi connectivity index (χ3n) is 4.05. The van der Waals surface area contributed by atoms with Gasteiger partial charge in [0, 0.05) is 29.9 Å². The summed E-state index contributed by atoms with van der Waals surface area (Å²) in [6, 6.07) is 5.73. The topological polar surface area (TPSA) is 93.2 Å². The monoisotopic (exact) mass is 424 g/mol. The summed E-state index contributed by atoms with van der Waals surface area (Å²) < 4.78 is 41.4. The van der Waals surface area contributed by atoms with Gasteiger partial charge in [0.05, 0.1) is 19.1 Å². The van der Waals surface area contributed by atoms with Gasteiger partial charge in [-0.1, -0.05) is 13.0 Å². The Bertz CT molecular complexity index is 886. The van der Waals surface area contributed by atoms with Crippen LogP contribution in [-0.2, 0) is 4.79 Å². The number of anilines is 1. The summed E-state index contributed by atoms with van der Waals surface area (Å²) in [6.45, 7) is 4.65. The van der Waals surface area contributed by atoms with Gasteiger partial charge in [-0.05, 0) is 31.5 Å². The molecule has 2 N–H and O–H groups in total. The lowest BCUT2D eigenvalue weighted by Crippen LogP contribution is -2.27. The first kappa shape index (κ1) is 23.1. The van der Waals surface area contributed by atoms with E-state index in [0.29, 0.717) is 22.6 Å². The molecule has 0 aliphatic heterocycles. The molecule has 0 bridgehead atoms. The number of halogens is 3. The summed E-state index contributed by atoms with van der Waals surface area (Å²) >= 11 is 0. The van der Waals surface area contributed by atoms with Crippen LogP contribution in [0.5, 0.6) is 5.88 Å². The highest BCUT2D eigenvalue weighted by Crippen LogP contribution is 2.21. The van der Waals surface area contributed by atoms with Crippen molar-refractivity contribution in [2.24, 2.45) is 0 Å². The highest BCUT2D eigenvalue weighted by Gasteiger charge is 2.26. The minimum Gasteiger partial charge on any atom is -0.477 e. The maximum absolute atomic E-state index is 12.6. The molecule has 0 aliphatic rings. The van der Waals surface area contributed by atoms with Gasteiger partial charge in [0.2, 0.25) is 11.8 Å². The number of rotatable bonds is 8. The SMILES string of the molecule is CCC(=O)Nc1cc(C(=O)NC(C)c2ccc(OCCC(F)(F)F)nc2)cc(C)n1. The molecule has 0 saturated heterocycles. The van der Waals surface area contributed by atoms with Crippen molar-refractivity contribution >= 4 is 17.6 Å². The summed E-state index contributed by atoms with van der Waals surface area (Å²) in [6.07, 6.45) is -3.63. The van der Waals surface area contributed by atoms with E-state index >= 15 is 0 Å². The molecule has 2 aromatic rings. The average Bonchev–Trinajstić information content (AvgIpc) is 2.66. The van der Waals surface area contributed by atoms with Crippen LogP contribution in [-0.4, -0.2) is 34.6 Å². The molecule has 0 fully saturated rings. The van der Waals surface area contributed by atoms with Crippen LogP contribution >= 0.6 is 0 Å². The quantitative estimate of drug-likeness (QED) is 0.669. The van der Waals surface area contributed by atoms with Gasteiger partial charge in [-0.3, -0.25) is 9.59 Å². The van der Waals surface area contributed by atoms with E-state index in [-0.39, 0.29) is 24.1 Å². The molecule has 1 unspecified atom stereocenters. The Morgan fingerprint density at radius 2 is 1.97 bits per heavy atom. The fourth-order valence-corrected chi connectivity index (χ4v) is 2.46. The van der Waals surface area contributed by atoms with E-state index < -0.39 is 25.2 Å². The number of hydrogen-bond acceptors (Lipinski definition) is 5. The van der Waals surface area contributed by atoms with Crippen LogP contribution in [0.15, 0.2) is 30.5 Å². The largest absolute Gasteiger partial charge is 0.477 e. The van der Waals surface area contributed by atoms with Gasteiger partial charge in [0.1, 0.15) is 5.82 Å². The highest BCUT2D eigenvalue weighted by atomic mass is 19.4. The van der Waals surface area contributed by atoms with Crippen molar-refractivity contribution in [2.45, 2.75) is 45.8 Å². The first-order valence-electron chi connectivity index (χ1n) is 9.32. The van der Waals surface area contributed by atoms with E-state index in [1.165, 1.54) is 18.3 Å². The standard InChI is InChI=1S/C20H23F3N4O3/c1-4-17(28)27-16-10-15(9-12(2)25-16)19(29)26-13(3)14-5-6-18(24-11-14)30-8-7-20(21,22)23/h5-6,9-11,13H,4,7-8H2,1-3H3,(H,26,29)(H,25,27,28). The second-order valence-electron chi connectivity index (χ2n) is 6.62. The number of pyridine rings is 2. The molecule has 0 aromatic carbocycles. The van der Waals surface area contributed by atoms with Crippen LogP contribution in [0.25, 0.3) is 0 Å². The predicted molar refractivity (Wildman–Crippen MR) is 104 cm³/mol. The molecule has 10 heteroatoms. The Morgan fingerprint density at radius 3 is 2.57 bits per heavy atom. The normalized spacial score (nSPS) is 12.2. The molecule has 0 aliphatic carbocycles. The smallest absolute Gasteiger partial charge is 0.392 e. The van der Waals surface area contributed by atoms with Crippen LogP contribution in [0, 0.1) is 6.92 Å². The highest BCUT2D eigenvalue weighted by molar-refractivity contribution is 5.96. The third kappa shape index (κ3) is 7.34. The Morgan fingerprint density at radius 1 is 1.23 bits per heavy atom. The summed E-state index contributed by atoms with van der Waals surface area (Å²) in [4.78, 5) is 32.3. The Hall–Kier alpha value is -3.17. The first-order chi connectivity index (χ1) is 14.1. The fraction of sp³-hybridized carbons (Fsp3) is 0.400. The maximum Gasteiger partial charge on any atom is 0.392 e. The molecule has 2 amide bonds. The van der Waals surface area contributed by atoms with E-state index in [1.54, 1.807) is 32.9 Å². The number of aryl methyl sites for hydroxylation is 1. The van der Waals surface area contributed by atoms with Crippen molar-refractivity contribution in [3.8, 4) is 5.88 Å². The maximum atomic E-state index is 12.6. The van der Waals surface area contributed by atoms with E-state index in [4.69, 9.17) is 4.74 Å². The molecule has 7 nitrogen and oxygen atoms in total. The lowest BCUT2D eigenvalue weighted by Gasteiger charge is -2.15. The van der Waals surface area contributed by atoms with Crippen molar-refractivity contribution in [3.05, 3.63) is 47.3 Å². The molecule has 2 heterocycles. The molecule has 0 radical (unpaired) electrons. The average molecular weight is 424 g/mol. The lowest BCUT2D eigenvalue weighted by atomic mass is 10.1. The summed E-state index contributed by atoms with van der Waals surface area (Å²) in [5.41, 5.74) is 1.56. The summed E-state index contributed by atoms with van der Waals surface area (Å²) in [5, 5.41) is 5.43. The first-order valence-corrected chi connectivity index (χ1v) is 9.32. The molecular formula is C20H23F3N4O3. The number of carbonyl (C=O) groups is 2. The van der Waals surface area contributed by atoms with Crippen LogP contribution < -0.4 is 15.4 Å². The molecule has 2 rings (SSSR count). The fourth-order valence-electron chi connectivity index (χ4n) is 2.46. The Labute approximate surface area is 172 Å². The minimum absolute atomic E-state index is 0.0718. The van der Waals surface area contributed by atoms with Gasteiger partial charge in [-0.15, -0.1) is 0 Å². The van der Waals surface area contributed by atoms with Gasteiger partial charge < -0.3 is 15.4 Å². The zero-order valence-electron chi connectivity index (χ0n) is 16.8. The van der Waals surface area contributed by atoms with Crippen molar-refractivity contribution in [3.63, 3.8) is 0 Å². The summed E-state index contributed by atoms with van der Waals surface area (Å²) in [7, 11) is 0. The molecule has 0 saturated carbocycles. The van der Waals surface area contributed by atoms with Crippen LogP contribution in [0.3, 0.4) is 0 Å². The number of nitrogens with one attached hydrogen (secondary N) is 2. The molecule has 30 heavy (non-hydrogen) atoms. The molecule has 0 spiro atoms. The number of nitrogens with zero attached hydrogens (tertiary/aromatic N) is 2. The van der Waals surface area contributed by atoms with Crippen molar-refractivity contribution in [1.29, 1.82) is 0 Å². The Kier molecular flexibility index (Phi) is 7.73. The van der Waals surface area contributed by atoms with Gasteiger partial charge in [0.25, 0.3) is 5.91 Å². The van der Waals surface area contributed by atoms with Gasteiger partial charge in [-0.25, -0.2) is 9.97 Å². The second kappa shape index (κ2) is 10.0. The molecule has 2 aromatic heterocycles. The van der Waals surface area contributed by atoms with Gasteiger partial charge >= 0.3 is 6.18 Å². The zero-order chi connectivity index (χ0) is 22.3. The molecule has 1 atom stereocenters. The minimum atomic E-state index is -4.29. The van der Waals surface area contributed by atoms with Gasteiger partial charge in [-0.2, -0.15) is 13.2 Å². The van der Waals surface area contributed by atoms with Crippen molar-refractivity contribution in [1.82, 2.24) is 15.3 Å². The number of aromatic nitrogens is 2. The number of ether oxygens (including phenoxy) is 1. The number of alkyl halides is 3. The van der Waals surface area contributed by atoms with E-state index in [1.807, 2.05) is 0 Å². The van der Waals surface area contributed by atoms with E-state index in [0.717, 1.165) is 0 Å². The molecular weight excluding hydrogens is 401 g/mol. The predicted octanol–water partition coefficient (Wildman–Crippen LogP) is 3.96. The van der Waals surface area contributed by atoms with Gasteiger partial charge in [0.15, 0.2) is 0 Å². The lowest BCUT2D eigenvalue weighted by molar-refractivity contribution is -0.139. The van der Waals surface area contributed by atoms with Crippen LogP contribution in [0.2, 0.25) is 0 Å². The summed E-state index contributed by atoms with van der Waals surface area (Å²) in [5.74, 6) is -0.216. The van der Waals surface area contributed by atoms with Crippen molar-refractivity contribution in [2.75, 3.05) is 11.9 Å². The zero-order valence-corrected chi connectivity index (χ0v) is 16.8. The van der Waals surface area contributed by atoms with E-state index in [9.17, 15) is 22.8 Å². The Balaban J connectivity index is 1.99. The number of hydrogen-bond donors (Lipinski definition) is 2. The molecule has 162 valence electrons. The third-order valence-corrected chi connectivity index (χ3v) is 4.05. The van der Waals surface area contributed by atoms with E-state index in [2.05, 4.69) is 20.6 Å². The second-order valence-corrected chi connectivity index (χ2v) is 6.62. The number of amides is 2. The van der Waals surface area contributed by atoms with Crippen molar-refractivity contribution < 1.29 is 27.5 Å².